The van der Waals surface area contributed by atoms with Crippen molar-refractivity contribution in [1.29, 1.82) is 0 Å². The van der Waals surface area contributed by atoms with Gasteiger partial charge in [0.25, 0.3) is 5.91 Å². The molecule has 0 bridgehead atoms. The molecule has 0 saturated carbocycles. The second-order valence-electron chi connectivity index (χ2n) is 5.25. The lowest BCUT2D eigenvalue weighted by Gasteiger charge is -2.13. The number of nitrogens with one attached hydrogen (secondary N) is 1. The monoisotopic (exact) mass is 342 g/mol. The van der Waals surface area contributed by atoms with Crippen molar-refractivity contribution in [2.45, 2.75) is 13.0 Å². The first-order valence-corrected chi connectivity index (χ1v) is 8.23. The summed E-state index contributed by atoms with van der Waals surface area (Å²) in [5, 5.41) is 3.35. The van der Waals surface area contributed by atoms with Crippen molar-refractivity contribution >= 4 is 32.6 Å². The summed E-state index contributed by atoms with van der Waals surface area (Å²) in [4.78, 5) is 16.7. The zero-order valence-electron chi connectivity index (χ0n) is 12.8. The Balaban J connectivity index is 1.44. The topological polar surface area (TPSA) is 69.7 Å². The van der Waals surface area contributed by atoms with Gasteiger partial charge in [-0.2, -0.15) is 0 Å². The first-order valence-electron chi connectivity index (χ1n) is 7.42. The van der Waals surface area contributed by atoms with Crippen molar-refractivity contribution < 1.29 is 19.0 Å². The van der Waals surface area contributed by atoms with Crippen molar-refractivity contribution in [2.75, 3.05) is 12.1 Å². The van der Waals surface area contributed by atoms with Gasteiger partial charge in [0.05, 0.1) is 10.2 Å². The summed E-state index contributed by atoms with van der Waals surface area (Å²) in [5.41, 5.74) is 0.863. The van der Waals surface area contributed by atoms with Crippen molar-refractivity contribution in [3.63, 3.8) is 0 Å². The van der Waals surface area contributed by atoms with Crippen molar-refractivity contribution in [3.8, 4) is 17.2 Å². The molecule has 1 atom stereocenters. The Hall–Kier alpha value is -2.80. The van der Waals surface area contributed by atoms with E-state index in [1.165, 1.54) is 11.3 Å². The number of benzene rings is 2. The molecule has 1 aliphatic heterocycles. The highest BCUT2D eigenvalue weighted by molar-refractivity contribution is 7.22. The molecule has 2 aromatic carbocycles. The number of rotatable bonds is 4. The number of ether oxygens (including phenoxy) is 3. The molecule has 1 amide bonds. The van der Waals surface area contributed by atoms with E-state index in [-0.39, 0.29) is 12.7 Å². The van der Waals surface area contributed by atoms with Crippen LogP contribution in [0, 0.1) is 0 Å². The summed E-state index contributed by atoms with van der Waals surface area (Å²) in [6.45, 7) is 1.89. The zero-order valence-corrected chi connectivity index (χ0v) is 13.6. The van der Waals surface area contributed by atoms with E-state index in [0.717, 1.165) is 10.2 Å². The molecule has 3 aromatic rings. The predicted octanol–water partition coefficient (Wildman–Crippen LogP) is 3.43. The van der Waals surface area contributed by atoms with Crippen LogP contribution in [0.3, 0.4) is 0 Å². The van der Waals surface area contributed by atoms with Gasteiger partial charge in [0.1, 0.15) is 5.75 Å². The normalized spacial score (nSPS) is 13.7. The Morgan fingerprint density at radius 2 is 2.08 bits per heavy atom. The van der Waals surface area contributed by atoms with Crippen LogP contribution in [0.1, 0.15) is 6.92 Å². The average Bonchev–Trinajstić information content (AvgIpc) is 3.19. The van der Waals surface area contributed by atoms with Crippen LogP contribution >= 0.6 is 11.3 Å². The third-order valence-electron chi connectivity index (χ3n) is 3.55. The molecule has 1 unspecified atom stereocenters. The third kappa shape index (κ3) is 2.85. The van der Waals surface area contributed by atoms with Gasteiger partial charge in [-0.1, -0.05) is 23.5 Å². The lowest BCUT2D eigenvalue weighted by molar-refractivity contribution is -0.122. The lowest BCUT2D eigenvalue weighted by Crippen LogP contribution is -2.30. The van der Waals surface area contributed by atoms with E-state index >= 15 is 0 Å². The first-order chi connectivity index (χ1) is 11.7. The molecular formula is C17H14N2O4S. The summed E-state index contributed by atoms with van der Waals surface area (Å²) in [6.07, 6.45) is -0.669. The highest BCUT2D eigenvalue weighted by Crippen LogP contribution is 2.35. The van der Waals surface area contributed by atoms with Gasteiger partial charge in [-0.15, -0.1) is 0 Å². The Bertz CT molecular complexity index is 875. The van der Waals surface area contributed by atoms with Crippen LogP contribution < -0.4 is 19.5 Å². The highest BCUT2D eigenvalue weighted by Gasteiger charge is 2.19. The van der Waals surface area contributed by atoms with Crippen molar-refractivity contribution in [2.24, 2.45) is 0 Å². The average molecular weight is 342 g/mol. The fourth-order valence-corrected chi connectivity index (χ4v) is 3.21. The van der Waals surface area contributed by atoms with E-state index < -0.39 is 6.10 Å². The van der Waals surface area contributed by atoms with E-state index in [2.05, 4.69) is 10.3 Å². The van der Waals surface area contributed by atoms with Crippen LogP contribution in [0.2, 0.25) is 0 Å². The van der Waals surface area contributed by atoms with Crippen LogP contribution in [0.4, 0.5) is 5.13 Å². The number of carbonyl (C=O) groups is 1. The second-order valence-corrected chi connectivity index (χ2v) is 6.28. The Morgan fingerprint density at radius 1 is 1.25 bits per heavy atom. The number of fused-ring (bicyclic) bond motifs is 2. The summed E-state index contributed by atoms with van der Waals surface area (Å²) in [6, 6.07) is 13.0. The number of carbonyl (C=O) groups excluding carboxylic acids is 1. The van der Waals surface area contributed by atoms with Crippen LogP contribution in [0.25, 0.3) is 10.2 Å². The molecule has 7 heteroatoms. The molecule has 0 aliphatic carbocycles. The zero-order chi connectivity index (χ0) is 16.5. The number of nitrogens with zero attached hydrogens (tertiary/aromatic N) is 1. The van der Waals surface area contributed by atoms with E-state index in [1.54, 1.807) is 25.1 Å². The van der Waals surface area contributed by atoms with Gasteiger partial charge >= 0.3 is 0 Å². The molecule has 0 radical (unpaired) electrons. The van der Waals surface area contributed by atoms with Gasteiger partial charge in [-0.3, -0.25) is 10.1 Å². The minimum atomic E-state index is -0.669. The number of para-hydroxylation sites is 1. The number of hydrogen-bond acceptors (Lipinski definition) is 6. The molecule has 122 valence electrons. The molecule has 1 N–H and O–H groups in total. The highest BCUT2D eigenvalue weighted by atomic mass is 32.1. The van der Waals surface area contributed by atoms with Gasteiger partial charge in [-0.25, -0.2) is 4.98 Å². The van der Waals surface area contributed by atoms with E-state index in [4.69, 9.17) is 14.2 Å². The minimum absolute atomic E-state index is 0.201. The molecule has 6 nitrogen and oxygen atoms in total. The fraction of sp³-hybridized carbons (Fsp3) is 0.176. The molecule has 0 saturated heterocycles. The molecule has 24 heavy (non-hydrogen) atoms. The SMILES string of the molecule is CC(Oc1ccc2c(c1)OCO2)C(=O)Nc1nc2ccccc2s1. The number of aromatic nitrogens is 1. The Labute approximate surface area is 142 Å². The van der Waals surface area contributed by atoms with Gasteiger partial charge in [-0.05, 0) is 31.2 Å². The maximum Gasteiger partial charge on any atom is 0.266 e. The molecule has 4 rings (SSSR count). The predicted molar refractivity (Wildman–Crippen MR) is 90.9 cm³/mol. The molecule has 1 aliphatic rings. The van der Waals surface area contributed by atoms with Gasteiger partial charge < -0.3 is 14.2 Å². The van der Waals surface area contributed by atoms with Gasteiger partial charge in [0.2, 0.25) is 6.79 Å². The third-order valence-corrected chi connectivity index (χ3v) is 4.50. The van der Waals surface area contributed by atoms with E-state index in [9.17, 15) is 4.79 Å². The number of thiazole rings is 1. The maximum atomic E-state index is 12.3. The molecule has 2 heterocycles. The molecule has 1 aromatic heterocycles. The van der Waals surface area contributed by atoms with E-state index in [1.807, 2.05) is 24.3 Å². The fourth-order valence-electron chi connectivity index (χ4n) is 2.34. The largest absolute Gasteiger partial charge is 0.481 e. The van der Waals surface area contributed by atoms with Crippen molar-refractivity contribution in [3.05, 3.63) is 42.5 Å². The van der Waals surface area contributed by atoms with Gasteiger partial charge in [0, 0.05) is 6.07 Å². The summed E-state index contributed by atoms with van der Waals surface area (Å²) in [7, 11) is 0. The molecule has 0 fully saturated rings. The number of amides is 1. The Morgan fingerprint density at radius 3 is 2.96 bits per heavy atom. The quantitative estimate of drug-likeness (QED) is 0.787. The second kappa shape index (κ2) is 6.01. The van der Waals surface area contributed by atoms with Crippen LogP contribution in [-0.4, -0.2) is 23.8 Å². The standard InChI is InChI=1S/C17H14N2O4S/c1-10(23-11-6-7-13-14(8-11)22-9-21-13)16(20)19-17-18-12-4-2-3-5-15(12)24-17/h2-8,10H,9H2,1H3,(H,18,19,20). The summed E-state index contributed by atoms with van der Waals surface area (Å²) < 4.78 is 17.3. The summed E-state index contributed by atoms with van der Waals surface area (Å²) >= 11 is 1.43. The Kier molecular flexibility index (Phi) is 3.70. The number of hydrogen-bond donors (Lipinski definition) is 1. The maximum absolute atomic E-state index is 12.3. The summed E-state index contributed by atoms with van der Waals surface area (Å²) in [5.74, 6) is 1.58. The first kappa shape index (κ1) is 14.8. The number of anilines is 1. The molecular weight excluding hydrogens is 328 g/mol. The van der Waals surface area contributed by atoms with E-state index in [0.29, 0.717) is 22.4 Å². The van der Waals surface area contributed by atoms with Crippen LogP contribution in [-0.2, 0) is 4.79 Å². The minimum Gasteiger partial charge on any atom is -0.481 e. The van der Waals surface area contributed by atoms with Crippen LogP contribution in [0.5, 0.6) is 17.2 Å². The lowest BCUT2D eigenvalue weighted by atomic mass is 10.3. The van der Waals surface area contributed by atoms with Gasteiger partial charge in [0.15, 0.2) is 22.7 Å². The smallest absolute Gasteiger partial charge is 0.266 e. The van der Waals surface area contributed by atoms with Crippen LogP contribution in [0.15, 0.2) is 42.5 Å². The van der Waals surface area contributed by atoms with Crippen molar-refractivity contribution in [1.82, 2.24) is 4.98 Å². The molecule has 0 spiro atoms.